The minimum absolute atomic E-state index is 0.0231. The topological polar surface area (TPSA) is 46.6 Å². The van der Waals surface area contributed by atoms with E-state index in [1.807, 2.05) is 60.7 Å². The van der Waals surface area contributed by atoms with Crippen molar-refractivity contribution in [2.24, 2.45) is 0 Å². The number of amides is 1. The van der Waals surface area contributed by atoms with Crippen LogP contribution >= 0.6 is 0 Å². The van der Waals surface area contributed by atoms with E-state index >= 15 is 0 Å². The molecule has 4 nitrogen and oxygen atoms in total. The molecule has 1 saturated heterocycles. The molecular weight excluding hydrogens is 302 g/mol. The number of carbonyl (C=O) groups excluding carboxylic acids is 2. The molecule has 122 valence electrons. The van der Waals surface area contributed by atoms with Crippen molar-refractivity contribution in [3.63, 3.8) is 0 Å². The van der Waals surface area contributed by atoms with Gasteiger partial charge in [-0.15, -0.1) is 0 Å². The molecule has 1 aliphatic heterocycles. The fourth-order valence-corrected chi connectivity index (χ4v) is 2.82. The van der Waals surface area contributed by atoms with E-state index < -0.39 is 0 Å². The molecule has 0 aromatic heterocycles. The number of benzene rings is 2. The molecule has 1 aliphatic rings. The molecule has 1 amide bonds. The zero-order valence-corrected chi connectivity index (χ0v) is 13.3. The highest BCUT2D eigenvalue weighted by atomic mass is 16.5. The van der Waals surface area contributed by atoms with Crippen molar-refractivity contribution in [2.75, 3.05) is 0 Å². The molecule has 0 radical (unpaired) electrons. The highest BCUT2D eigenvalue weighted by Crippen LogP contribution is 2.28. The van der Waals surface area contributed by atoms with Crippen molar-refractivity contribution >= 4 is 12.2 Å². The minimum atomic E-state index is -0.383. The van der Waals surface area contributed by atoms with Crippen LogP contribution in [-0.2, 0) is 27.5 Å². The van der Waals surface area contributed by atoms with E-state index in [0.717, 1.165) is 11.1 Å². The van der Waals surface area contributed by atoms with E-state index in [4.69, 9.17) is 4.74 Å². The summed E-state index contributed by atoms with van der Waals surface area (Å²) >= 11 is 0. The molecule has 1 atom stereocenters. The second-order valence-electron chi connectivity index (χ2n) is 5.68. The Kier molecular flexibility index (Phi) is 5.18. The Morgan fingerprint density at radius 3 is 2.25 bits per heavy atom. The summed E-state index contributed by atoms with van der Waals surface area (Å²) in [5.74, 6) is -0.0231. The van der Waals surface area contributed by atoms with E-state index in [2.05, 4.69) is 0 Å². The summed E-state index contributed by atoms with van der Waals surface area (Å²) in [6.07, 6.45) is 2.03. The van der Waals surface area contributed by atoms with Gasteiger partial charge in [-0.05, 0) is 11.1 Å². The highest BCUT2D eigenvalue weighted by Gasteiger charge is 2.35. The van der Waals surface area contributed by atoms with Gasteiger partial charge in [-0.1, -0.05) is 60.7 Å². The number of ether oxygens (including phenoxy) is 1. The summed E-state index contributed by atoms with van der Waals surface area (Å²) in [6, 6.07) is 19.5. The maximum atomic E-state index is 12.4. The predicted octanol–water partition coefficient (Wildman–Crippen LogP) is 3.09. The highest BCUT2D eigenvalue weighted by molar-refractivity contribution is 5.84. The Bertz CT molecular complexity index is 725. The Labute approximate surface area is 141 Å². The van der Waals surface area contributed by atoms with Crippen molar-refractivity contribution in [3.8, 4) is 0 Å². The average molecular weight is 321 g/mol. The van der Waals surface area contributed by atoms with Crippen molar-refractivity contribution in [3.05, 3.63) is 83.6 Å². The van der Waals surface area contributed by atoms with E-state index in [-0.39, 0.29) is 18.4 Å². The summed E-state index contributed by atoms with van der Waals surface area (Å²) in [4.78, 5) is 25.0. The molecule has 0 unspecified atom stereocenters. The molecular formula is C20H19NO3. The zero-order valence-electron chi connectivity index (χ0n) is 13.3. The van der Waals surface area contributed by atoms with Gasteiger partial charge in [0.2, 0.25) is 5.91 Å². The molecule has 3 rings (SSSR count). The third kappa shape index (κ3) is 3.78. The van der Waals surface area contributed by atoms with Crippen LogP contribution in [0.3, 0.4) is 0 Å². The van der Waals surface area contributed by atoms with E-state index in [9.17, 15) is 9.59 Å². The van der Waals surface area contributed by atoms with Gasteiger partial charge in [0, 0.05) is 6.08 Å². The molecule has 4 heteroatoms. The second kappa shape index (κ2) is 7.70. The standard InChI is InChI=1S/C20H19NO3/c22-12-11-18-19(24-15-17-9-5-2-6-10-17)13-20(23)21(18)14-16-7-3-1-4-8-16/h1-12,19H,13-15H2/b18-11+/t19-/m0/s1. The number of hydrogen-bond acceptors (Lipinski definition) is 3. The molecule has 0 bridgehead atoms. The first kappa shape index (κ1) is 16.1. The van der Waals surface area contributed by atoms with Gasteiger partial charge in [-0.3, -0.25) is 9.59 Å². The van der Waals surface area contributed by atoms with Crippen molar-refractivity contribution in [2.45, 2.75) is 25.7 Å². The van der Waals surface area contributed by atoms with Crippen LogP contribution in [0.25, 0.3) is 0 Å². The van der Waals surface area contributed by atoms with E-state index in [1.165, 1.54) is 6.08 Å². The molecule has 0 spiro atoms. The molecule has 2 aromatic rings. The van der Waals surface area contributed by atoms with Crippen LogP contribution in [0.5, 0.6) is 0 Å². The first-order valence-electron chi connectivity index (χ1n) is 7.93. The van der Waals surface area contributed by atoms with Gasteiger partial charge in [0.25, 0.3) is 0 Å². The van der Waals surface area contributed by atoms with Gasteiger partial charge < -0.3 is 9.64 Å². The Hall–Kier alpha value is -2.72. The lowest BCUT2D eigenvalue weighted by Gasteiger charge is -2.20. The quantitative estimate of drug-likeness (QED) is 0.607. The van der Waals surface area contributed by atoms with E-state index in [1.54, 1.807) is 4.90 Å². The third-order valence-corrected chi connectivity index (χ3v) is 4.02. The van der Waals surface area contributed by atoms with Crippen LogP contribution in [0.2, 0.25) is 0 Å². The number of likely N-dealkylation sites (tertiary alicyclic amines) is 1. The van der Waals surface area contributed by atoms with Crippen LogP contribution < -0.4 is 0 Å². The summed E-state index contributed by atoms with van der Waals surface area (Å²) < 4.78 is 5.90. The number of carbonyl (C=O) groups is 2. The third-order valence-electron chi connectivity index (χ3n) is 4.02. The van der Waals surface area contributed by atoms with Gasteiger partial charge in [-0.2, -0.15) is 0 Å². The first-order valence-corrected chi connectivity index (χ1v) is 7.93. The molecule has 0 saturated carbocycles. The fraction of sp³-hybridized carbons (Fsp3) is 0.200. The van der Waals surface area contributed by atoms with Gasteiger partial charge in [0.1, 0.15) is 12.4 Å². The number of hydrogen-bond donors (Lipinski definition) is 0. The van der Waals surface area contributed by atoms with Crippen molar-refractivity contribution < 1.29 is 14.3 Å². The van der Waals surface area contributed by atoms with Crippen LogP contribution in [-0.4, -0.2) is 23.2 Å². The molecule has 1 fully saturated rings. The number of nitrogens with zero attached hydrogens (tertiary/aromatic N) is 1. The molecule has 0 N–H and O–H groups in total. The summed E-state index contributed by atoms with van der Waals surface area (Å²) in [5, 5.41) is 0. The maximum Gasteiger partial charge on any atom is 0.230 e. The van der Waals surface area contributed by atoms with Gasteiger partial charge in [-0.25, -0.2) is 0 Å². The Balaban J connectivity index is 1.72. The van der Waals surface area contributed by atoms with E-state index in [0.29, 0.717) is 25.1 Å². The zero-order chi connectivity index (χ0) is 16.8. The lowest BCUT2D eigenvalue weighted by atomic mass is 10.2. The minimum Gasteiger partial charge on any atom is -0.367 e. The summed E-state index contributed by atoms with van der Waals surface area (Å²) in [7, 11) is 0. The van der Waals surface area contributed by atoms with Crippen molar-refractivity contribution in [1.82, 2.24) is 4.90 Å². The van der Waals surface area contributed by atoms with Crippen LogP contribution in [0, 0.1) is 0 Å². The summed E-state index contributed by atoms with van der Waals surface area (Å²) in [5.41, 5.74) is 2.69. The molecule has 0 aliphatic carbocycles. The fourth-order valence-electron chi connectivity index (χ4n) is 2.82. The monoisotopic (exact) mass is 321 g/mol. The average Bonchev–Trinajstić information content (AvgIpc) is 2.91. The van der Waals surface area contributed by atoms with Crippen molar-refractivity contribution in [1.29, 1.82) is 0 Å². The number of aldehydes is 1. The lowest BCUT2D eigenvalue weighted by Crippen LogP contribution is -2.24. The lowest BCUT2D eigenvalue weighted by molar-refractivity contribution is -0.127. The van der Waals surface area contributed by atoms with Crippen LogP contribution in [0.4, 0.5) is 0 Å². The molecule has 24 heavy (non-hydrogen) atoms. The summed E-state index contributed by atoms with van der Waals surface area (Å²) in [6.45, 7) is 0.860. The number of rotatable bonds is 6. The SMILES string of the molecule is O=C/C=C1\[C@@H](OCc2ccccc2)CC(=O)N1Cc1ccccc1. The number of allylic oxidation sites excluding steroid dienone is 1. The second-order valence-corrected chi connectivity index (χ2v) is 5.68. The normalized spacial score (nSPS) is 19.0. The van der Waals surface area contributed by atoms with Gasteiger partial charge in [0.15, 0.2) is 0 Å². The largest absolute Gasteiger partial charge is 0.367 e. The van der Waals surface area contributed by atoms with Crippen LogP contribution in [0.15, 0.2) is 72.4 Å². The molecule has 1 heterocycles. The smallest absolute Gasteiger partial charge is 0.230 e. The van der Waals surface area contributed by atoms with Gasteiger partial charge in [0.05, 0.1) is 25.3 Å². The maximum absolute atomic E-state index is 12.4. The Morgan fingerprint density at radius 1 is 1.00 bits per heavy atom. The van der Waals surface area contributed by atoms with Crippen LogP contribution in [0.1, 0.15) is 17.5 Å². The first-order chi connectivity index (χ1) is 11.8. The Morgan fingerprint density at radius 2 is 1.62 bits per heavy atom. The van der Waals surface area contributed by atoms with Gasteiger partial charge >= 0.3 is 0 Å². The predicted molar refractivity (Wildman–Crippen MR) is 90.8 cm³/mol. The molecule has 2 aromatic carbocycles.